The van der Waals surface area contributed by atoms with Gasteiger partial charge in [0.05, 0.1) is 6.20 Å². The summed E-state index contributed by atoms with van der Waals surface area (Å²) < 4.78 is 0. The number of H-pyrrole nitrogens is 2. The first-order valence-electron chi connectivity index (χ1n) is 2.85. The van der Waals surface area contributed by atoms with Crippen molar-refractivity contribution in [3.8, 4) is 0 Å². The molecule has 0 fully saturated rings. The third-order valence-corrected chi connectivity index (χ3v) is 1.75. The predicted molar refractivity (Wildman–Crippen MR) is 40.5 cm³/mol. The number of hydrogen-bond donors (Lipinski definition) is 1. The van der Waals surface area contributed by atoms with Gasteiger partial charge in [0.25, 0.3) is 5.65 Å². The van der Waals surface area contributed by atoms with Gasteiger partial charge in [0.15, 0.2) is 0 Å². The van der Waals surface area contributed by atoms with Crippen LogP contribution in [0.5, 0.6) is 0 Å². The van der Waals surface area contributed by atoms with E-state index < -0.39 is 0 Å². The summed E-state index contributed by atoms with van der Waals surface area (Å²) in [4.78, 5) is 6.55. The molecule has 4 nitrogen and oxygen atoms in total. The van der Waals surface area contributed by atoms with Crippen LogP contribution in [-0.4, -0.2) is 15.2 Å². The molecule has 2 rings (SSSR count). The molecule has 6 heteroatoms. The lowest BCUT2D eigenvalue weighted by molar-refractivity contribution is -0.349. The molecule has 2 heterocycles. The molecule has 2 aromatic rings. The Morgan fingerprint density at radius 3 is 3.09 bits per heavy atom. The number of aromatic amines is 2. The Balaban J connectivity index is 2.91. The molecule has 56 valence electrons. The Hall–Kier alpha value is -0.870. The average Bonchev–Trinajstić information content (AvgIpc) is 2.34. The van der Waals surface area contributed by atoms with Gasteiger partial charge in [0, 0.05) is 0 Å². The van der Waals surface area contributed by atoms with Crippen LogP contribution in [0.15, 0.2) is 6.20 Å². The quantitative estimate of drug-likeness (QED) is 0.499. The van der Waals surface area contributed by atoms with E-state index in [0.29, 0.717) is 10.8 Å². The fourth-order valence-electron chi connectivity index (χ4n) is 0.815. The maximum absolute atomic E-state index is 5.73. The number of aromatic nitrogens is 4. The van der Waals surface area contributed by atoms with Gasteiger partial charge >= 0.3 is 5.28 Å². The standard InChI is InChI=1S/C5H2Cl2N4/c6-3-2-1-8-11-4(2)10-5(7)9-3/h1H,(H,8,9,10,11)/p+1. The maximum Gasteiger partial charge on any atom is 0.333 e. The molecule has 0 spiro atoms. The Morgan fingerprint density at radius 2 is 2.27 bits per heavy atom. The number of rotatable bonds is 0. The van der Waals surface area contributed by atoms with Crippen LogP contribution in [0.25, 0.3) is 11.0 Å². The fourth-order valence-corrected chi connectivity index (χ4v) is 1.27. The number of hydrogen-bond acceptors (Lipinski definition) is 2. The number of nitrogens with one attached hydrogen (secondary N) is 2. The van der Waals surface area contributed by atoms with E-state index in [-0.39, 0.29) is 5.28 Å². The molecule has 0 unspecified atom stereocenters. The lowest BCUT2D eigenvalue weighted by Gasteiger charge is -1.84. The molecule has 0 aliphatic carbocycles. The molecule has 0 saturated heterocycles. The molecule has 0 aliphatic rings. The van der Waals surface area contributed by atoms with Gasteiger partial charge in [0.2, 0.25) is 5.15 Å². The van der Waals surface area contributed by atoms with Crippen molar-refractivity contribution in [3.05, 3.63) is 16.6 Å². The van der Waals surface area contributed by atoms with E-state index >= 15 is 0 Å². The summed E-state index contributed by atoms with van der Waals surface area (Å²) in [5.74, 6) is 0. The van der Waals surface area contributed by atoms with Crippen LogP contribution in [-0.2, 0) is 0 Å². The number of fused-ring (bicyclic) bond motifs is 1. The monoisotopic (exact) mass is 189 g/mol. The van der Waals surface area contributed by atoms with E-state index in [1.807, 2.05) is 0 Å². The second-order valence-electron chi connectivity index (χ2n) is 1.98. The van der Waals surface area contributed by atoms with Crippen LogP contribution in [0, 0.1) is 0 Å². The Bertz CT molecular complexity index is 396. The molecule has 0 radical (unpaired) electrons. The van der Waals surface area contributed by atoms with Crippen molar-refractivity contribution >= 4 is 34.2 Å². The number of halogens is 2. The summed E-state index contributed by atoms with van der Waals surface area (Å²) in [6, 6.07) is 0. The topological polar surface area (TPSA) is 55.7 Å². The minimum absolute atomic E-state index is 0.242. The maximum atomic E-state index is 5.73. The van der Waals surface area contributed by atoms with Crippen LogP contribution >= 0.6 is 23.2 Å². The SMILES string of the molecule is Clc1nc(Cl)c2cn[nH]c2[nH+]1. The highest BCUT2D eigenvalue weighted by Gasteiger charge is 2.11. The summed E-state index contributed by atoms with van der Waals surface area (Å²) in [6.45, 7) is 0. The van der Waals surface area contributed by atoms with Gasteiger partial charge in [-0.05, 0) is 23.2 Å². The molecule has 0 aliphatic heterocycles. The molecule has 11 heavy (non-hydrogen) atoms. The zero-order chi connectivity index (χ0) is 7.84. The lowest BCUT2D eigenvalue weighted by Crippen LogP contribution is -2.07. The highest BCUT2D eigenvalue weighted by molar-refractivity contribution is 6.34. The van der Waals surface area contributed by atoms with E-state index in [4.69, 9.17) is 23.2 Å². The van der Waals surface area contributed by atoms with Gasteiger partial charge in [-0.2, -0.15) is 5.10 Å². The highest BCUT2D eigenvalue weighted by atomic mass is 35.5. The molecule has 2 N–H and O–H groups in total. The van der Waals surface area contributed by atoms with E-state index in [2.05, 4.69) is 20.2 Å². The van der Waals surface area contributed by atoms with Crippen LogP contribution in [0.3, 0.4) is 0 Å². The highest BCUT2D eigenvalue weighted by Crippen LogP contribution is 2.16. The van der Waals surface area contributed by atoms with Gasteiger partial charge in [-0.25, -0.2) is 4.98 Å². The fraction of sp³-hybridized carbons (Fsp3) is 0. The van der Waals surface area contributed by atoms with Gasteiger partial charge < -0.3 is 0 Å². The molecule has 0 saturated carbocycles. The summed E-state index contributed by atoms with van der Waals surface area (Å²) in [5.41, 5.74) is 0.676. The van der Waals surface area contributed by atoms with E-state index in [9.17, 15) is 0 Å². The Kier molecular flexibility index (Phi) is 1.44. The van der Waals surface area contributed by atoms with Gasteiger partial charge in [-0.1, -0.05) is 4.98 Å². The van der Waals surface area contributed by atoms with Gasteiger partial charge in [0.1, 0.15) is 5.39 Å². The first-order valence-corrected chi connectivity index (χ1v) is 3.60. The normalized spacial score (nSPS) is 10.7. The molecule has 0 bridgehead atoms. The third-order valence-electron chi connectivity index (χ3n) is 1.29. The molecular weight excluding hydrogens is 187 g/mol. The lowest BCUT2D eigenvalue weighted by atomic mass is 10.4. The summed E-state index contributed by atoms with van der Waals surface area (Å²) >= 11 is 11.3. The van der Waals surface area contributed by atoms with Gasteiger partial charge in [-0.3, -0.25) is 0 Å². The Morgan fingerprint density at radius 1 is 1.45 bits per heavy atom. The summed E-state index contributed by atoms with van der Waals surface area (Å²) in [5, 5.41) is 7.77. The minimum atomic E-state index is 0.242. The van der Waals surface area contributed by atoms with Crippen LogP contribution in [0.1, 0.15) is 0 Å². The van der Waals surface area contributed by atoms with Crippen LogP contribution in [0.4, 0.5) is 0 Å². The predicted octanol–water partition coefficient (Wildman–Crippen LogP) is 1.08. The smallest absolute Gasteiger partial charge is 0.231 e. The van der Waals surface area contributed by atoms with Crippen molar-refractivity contribution in [1.29, 1.82) is 0 Å². The Labute approximate surface area is 71.6 Å². The molecule has 0 aromatic carbocycles. The average molecular weight is 190 g/mol. The minimum Gasteiger partial charge on any atom is -0.231 e. The van der Waals surface area contributed by atoms with Crippen LogP contribution in [0.2, 0.25) is 10.4 Å². The zero-order valence-corrected chi connectivity index (χ0v) is 6.74. The van der Waals surface area contributed by atoms with Crippen molar-refractivity contribution in [3.63, 3.8) is 0 Å². The van der Waals surface area contributed by atoms with E-state index in [1.165, 1.54) is 0 Å². The van der Waals surface area contributed by atoms with Crippen molar-refractivity contribution in [1.82, 2.24) is 15.2 Å². The van der Waals surface area contributed by atoms with Crippen molar-refractivity contribution < 1.29 is 4.98 Å². The second kappa shape index (κ2) is 2.32. The van der Waals surface area contributed by atoms with Crippen LogP contribution < -0.4 is 4.98 Å². The molecule has 0 amide bonds. The first-order chi connectivity index (χ1) is 5.27. The van der Waals surface area contributed by atoms with Gasteiger partial charge in [-0.15, -0.1) is 5.10 Å². The molecular formula is C5H3Cl2N4+. The second-order valence-corrected chi connectivity index (χ2v) is 2.69. The molecule has 2 aromatic heterocycles. The number of nitrogens with zero attached hydrogens (tertiary/aromatic N) is 2. The molecule has 0 atom stereocenters. The largest absolute Gasteiger partial charge is 0.333 e. The summed E-state index contributed by atoms with van der Waals surface area (Å²) in [7, 11) is 0. The van der Waals surface area contributed by atoms with E-state index in [1.54, 1.807) is 6.20 Å². The zero-order valence-electron chi connectivity index (χ0n) is 5.23. The van der Waals surface area contributed by atoms with Crippen molar-refractivity contribution in [2.24, 2.45) is 0 Å². The van der Waals surface area contributed by atoms with Crippen molar-refractivity contribution in [2.45, 2.75) is 0 Å². The summed E-state index contributed by atoms with van der Waals surface area (Å²) in [6.07, 6.45) is 1.58. The van der Waals surface area contributed by atoms with Crippen molar-refractivity contribution in [2.75, 3.05) is 0 Å². The third kappa shape index (κ3) is 1.04. The van der Waals surface area contributed by atoms with E-state index in [0.717, 1.165) is 5.39 Å². The first kappa shape index (κ1) is 6.82.